The summed E-state index contributed by atoms with van der Waals surface area (Å²) in [5, 5.41) is 12.7. The summed E-state index contributed by atoms with van der Waals surface area (Å²) in [6.07, 6.45) is 1.05. The SMILES string of the molecule is O=C(NCc1cccc(-c2ccc([C@H]3O[C@@H](Cn4cnc(Cl)c4Cl)C[C@@H](c4ccc(CO)cc4)O3)cc2)c1)C(Cl)(Cl)Cl. The van der Waals surface area contributed by atoms with Gasteiger partial charge < -0.3 is 24.5 Å². The number of benzene rings is 3. The van der Waals surface area contributed by atoms with Gasteiger partial charge in [0.05, 0.1) is 31.7 Å². The molecule has 0 spiro atoms. The predicted molar refractivity (Wildman–Crippen MR) is 165 cm³/mol. The van der Waals surface area contributed by atoms with Crippen molar-refractivity contribution in [1.82, 2.24) is 14.9 Å². The lowest BCUT2D eigenvalue weighted by atomic mass is 9.99. The molecule has 0 unspecified atom stereocenters. The number of nitrogens with one attached hydrogen (secondary N) is 1. The smallest absolute Gasteiger partial charge is 0.272 e. The van der Waals surface area contributed by atoms with Gasteiger partial charge in [-0.25, -0.2) is 4.98 Å². The van der Waals surface area contributed by atoms with Gasteiger partial charge in [0.15, 0.2) is 11.4 Å². The molecule has 0 saturated carbocycles. The highest BCUT2D eigenvalue weighted by atomic mass is 35.6. The van der Waals surface area contributed by atoms with Crippen LogP contribution in [0.25, 0.3) is 11.1 Å². The average Bonchev–Trinajstić information content (AvgIpc) is 3.31. The van der Waals surface area contributed by atoms with Crippen LogP contribution in [-0.2, 0) is 34.0 Å². The standard InChI is InChI=1S/C30H26Cl5N3O4/c31-26-27(32)38(17-37-26)15-24-13-25(21-6-4-18(16-39)5-7-21)42-28(41-24)22-10-8-20(9-11-22)23-3-1-2-19(12-23)14-36-29(40)30(33,34)35/h1-12,17,24-25,28,39H,13-16H2,(H,36,40)/t24-,25+,28+/m1/s1. The number of carbonyl (C=O) groups excluding carboxylic acids is 1. The maximum absolute atomic E-state index is 11.9. The molecule has 0 radical (unpaired) electrons. The van der Waals surface area contributed by atoms with Crippen LogP contribution in [0.4, 0.5) is 0 Å². The molecule has 42 heavy (non-hydrogen) atoms. The number of alkyl halides is 3. The van der Waals surface area contributed by atoms with Gasteiger partial charge in [0.1, 0.15) is 5.15 Å². The summed E-state index contributed by atoms with van der Waals surface area (Å²) >= 11 is 29.3. The Labute approximate surface area is 268 Å². The Morgan fingerprint density at radius 1 is 0.952 bits per heavy atom. The third-order valence-corrected chi connectivity index (χ3v) is 8.19. The van der Waals surface area contributed by atoms with Gasteiger partial charge in [-0.3, -0.25) is 4.79 Å². The van der Waals surface area contributed by atoms with Crippen LogP contribution in [0, 0.1) is 0 Å². The minimum absolute atomic E-state index is 0.0289. The van der Waals surface area contributed by atoms with Crippen molar-refractivity contribution in [3.8, 4) is 11.1 Å². The number of hydrogen-bond donors (Lipinski definition) is 2. The number of aromatic nitrogens is 2. The summed E-state index contributed by atoms with van der Waals surface area (Å²) in [4.78, 5) is 16.0. The summed E-state index contributed by atoms with van der Waals surface area (Å²) < 4.78 is 12.6. The van der Waals surface area contributed by atoms with Crippen LogP contribution >= 0.6 is 58.0 Å². The number of nitrogens with zero attached hydrogens (tertiary/aromatic N) is 2. The van der Waals surface area contributed by atoms with Gasteiger partial charge in [-0.15, -0.1) is 0 Å². The Morgan fingerprint density at radius 3 is 2.31 bits per heavy atom. The zero-order chi connectivity index (χ0) is 29.9. The molecular formula is C30H26Cl5N3O4. The molecule has 1 amide bonds. The number of halogens is 5. The highest BCUT2D eigenvalue weighted by Crippen LogP contribution is 2.39. The first-order valence-corrected chi connectivity index (χ1v) is 14.9. The maximum atomic E-state index is 11.9. The Balaban J connectivity index is 1.34. The van der Waals surface area contributed by atoms with Gasteiger partial charge in [0, 0.05) is 18.5 Å². The number of ether oxygens (including phenoxy) is 2. The molecule has 2 heterocycles. The molecule has 1 saturated heterocycles. The Kier molecular flexibility index (Phi) is 10.0. The lowest BCUT2D eigenvalue weighted by molar-refractivity contribution is -0.252. The summed E-state index contributed by atoms with van der Waals surface area (Å²) in [5.41, 5.74) is 5.44. The molecule has 4 aromatic rings. The minimum Gasteiger partial charge on any atom is -0.392 e. The molecule has 1 aliphatic rings. The fourth-order valence-electron chi connectivity index (χ4n) is 4.70. The van der Waals surface area contributed by atoms with E-state index in [0.717, 1.165) is 33.4 Å². The first-order chi connectivity index (χ1) is 20.1. The molecule has 7 nitrogen and oxygen atoms in total. The third-order valence-electron chi connectivity index (χ3n) is 6.90. The van der Waals surface area contributed by atoms with Gasteiger partial charge in [-0.1, -0.05) is 125 Å². The minimum atomic E-state index is -2.02. The molecule has 220 valence electrons. The number of aliphatic hydroxyl groups is 1. The van der Waals surface area contributed by atoms with Crippen LogP contribution in [0.3, 0.4) is 0 Å². The second-order valence-electron chi connectivity index (χ2n) is 9.83. The van der Waals surface area contributed by atoms with E-state index in [1.165, 1.54) is 0 Å². The Bertz CT molecular complexity index is 1520. The van der Waals surface area contributed by atoms with Gasteiger partial charge in [0.2, 0.25) is 0 Å². The largest absolute Gasteiger partial charge is 0.392 e. The molecule has 1 fully saturated rings. The lowest BCUT2D eigenvalue weighted by Crippen LogP contribution is -2.33. The molecule has 1 aliphatic heterocycles. The first-order valence-electron chi connectivity index (χ1n) is 13.0. The lowest BCUT2D eigenvalue weighted by Gasteiger charge is -2.36. The molecule has 5 rings (SSSR count). The monoisotopic (exact) mass is 667 g/mol. The summed E-state index contributed by atoms with van der Waals surface area (Å²) in [6.45, 7) is 0.638. The van der Waals surface area contributed by atoms with Gasteiger partial charge in [-0.2, -0.15) is 0 Å². The summed E-state index contributed by atoms with van der Waals surface area (Å²) in [6, 6.07) is 23.3. The van der Waals surface area contributed by atoms with Crippen LogP contribution in [0.1, 0.15) is 41.1 Å². The first kappa shape index (κ1) is 31.1. The van der Waals surface area contributed by atoms with E-state index in [1.807, 2.05) is 72.8 Å². The zero-order valence-electron chi connectivity index (χ0n) is 22.0. The summed E-state index contributed by atoms with van der Waals surface area (Å²) in [5.74, 6) is -0.686. The predicted octanol–water partition coefficient (Wildman–Crippen LogP) is 7.58. The van der Waals surface area contributed by atoms with Crippen molar-refractivity contribution in [1.29, 1.82) is 0 Å². The number of carbonyl (C=O) groups is 1. The fourth-order valence-corrected chi connectivity index (χ4v) is 5.21. The fraction of sp³-hybridized carbons (Fsp3) is 0.267. The molecular weight excluding hydrogens is 644 g/mol. The quantitative estimate of drug-likeness (QED) is 0.189. The van der Waals surface area contributed by atoms with E-state index in [4.69, 9.17) is 67.5 Å². The van der Waals surface area contributed by atoms with Gasteiger partial charge in [-0.05, 0) is 33.9 Å². The summed E-state index contributed by atoms with van der Waals surface area (Å²) in [7, 11) is 0. The van der Waals surface area contributed by atoms with E-state index in [0.29, 0.717) is 18.1 Å². The van der Waals surface area contributed by atoms with Crippen LogP contribution in [0.15, 0.2) is 79.1 Å². The molecule has 1 aromatic heterocycles. The van der Waals surface area contributed by atoms with Crippen molar-refractivity contribution < 1.29 is 19.4 Å². The van der Waals surface area contributed by atoms with Crippen LogP contribution < -0.4 is 5.32 Å². The van der Waals surface area contributed by atoms with E-state index in [9.17, 15) is 9.90 Å². The van der Waals surface area contributed by atoms with Crippen molar-refractivity contribution in [2.45, 2.75) is 48.4 Å². The zero-order valence-corrected chi connectivity index (χ0v) is 25.8. The molecule has 2 N–H and O–H groups in total. The van der Waals surface area contributed by atoms with Crippen molar-refractivity contribution in [3.63, 3.8) is 0 Å². The number of imidazole rings is 1. The van der Waals surface area contributed by atoms with Crippen molar-refractivity contribution in [3.05, 3.63) is 112 Å². The van der Waals surface area contributed by atoms with Crippen LogP contribution in [0.5, 0.6) is 0 Å². The van der Waals surface area contributed by atoms with Gasteiger partial charge >= 0.3 is 0 Å². The number of hydrogen-bond acceptors (Lipinski definition) is 5. The van der Waals surface area contributed by atoms with E-state index < -0.39 is 16.0 Å². The van der Waals surface area contributed by atoms with E-state index >= 15 is 0 Å². The Hall–Kier alpha value is -2.33. The van der Waals surface area contributed by atoms with Crippen molar-refractivity contribution in [2.24, 2.45) is 0 Å². The number of amides is 1. The topological polar surface area (TPSA) is 85.6 Å². The second-order valence-corrected chi connectivity index (χ2v) is 12.8. The molecule has 3 aromatic carbocycles. The average molecular weight is 670 g/mol. The highest BCUT2D eigenvalue weighted by molar-refractivity contribution is 6.76. The number of aliphatic hydroxyl groups excluding tert-OH is 1. The second kappa shape index (κ2) is 13.5. The van der Waals surface area contributed by atoms with Crippen molar-refractivity contribution >= 4 is 63.9 Å². The molecule has 0 aliphatic carbocycles. The van der Waals surface area contributed by atoms with E-state index in [2.05, 4.69) is 10.3 Å². The molecule has 12 heteroatoms. The third kappa shape index (κ3) is 7.59. The van der Waals surface area contributed by atoms with Crippen LogP contribution in [-0.4, -0.2) is 30.5 Å². The van der Waals surface area contributed by atoms with Gasteiger partial charge in [0.25, 0.3) is 9.70 Å². The van der Waals surface area contributed by atoms with Crippen molar-refractivity contribution in [2.75, 3.05) is 0 Å². The van der Waals surface area contributed by atoms with Crippen LogP contribution in [0.2, 0.25) is 10.3 Å². The molecule has 3 atom stereocenters. The highest BCUT2D eigenvalue weighted by Gasteiger charge is 2.33. The Morgan fingerprint density at radius 2 is 1.67 bits per heavy atom. The molecule has 0 bridgehead atoms. The maximum Gasteiger partial charge on any atom is 0.272 e. The normalized spacial score (nSPS) is 19.0. The number of rotatable bonds is 8. The van der Waals surface area contributed by atoms with E-state index in [-0.39, 0.29) is 30.5 Å². The van der Waals surface area contributed by atoms with E-state index in [1.54, 1.807) is 10.9 Å².